The third-order valence-electron chi connectivity index (χ3n) is 4.09. The number of ether oxygens (including phenoxy) is 1. The van der Waals surface area contributed by atoms with Gasteiger partial charge >= 0.3 is 5.97 Å². The van der Waals surface area contributed by atoms with Crippen LogP contribution in [-0.2, 0) is 33.6 Å². The monoisotopic (exact) mass is 328 g/mol. The average Bonchev–Trinajstić information content (AvgIpc) is 3.03. The van der Waals surface area contributed by atoms with Gasteiger partial charge in [0.05, 0.1) is 24.4 Å². The molecule has 0 spiro atoms. The molecule has 7 nitrogen and oxygen atoms in total. The summed E-state index contributed by atoms with van der Waals surface area (Å²) >= 11 is 0. The van der Waals surface area contributed by atoms with Gasteiger partial charge in [-0.2, -0.15) is 15.4 Å². The molecule has 3 rings (SSSR count). The van der Waals surface area contributed by atoms with E-state index in [4.69, 9.17) is 4.74 Å². The predicted octanol–water partition coefficient (Wildman–Crippen LogP) is 1.65. The number of H-pyrrole nitrogens is 1. The summed E-state index contributed by atoms with van der Waals surface area (Å²) in [6.45, 7) is 2.14. The van der Waals surface area contributed by atoms with Crippen molar-refractivity contribution in [1.29, 1.82) is 0 Å². The van der Waals surface area contributed by atoms with Crippen LogP contribution in [0.2, 0.25) is 0 Å². The minimum atomic E-state index is -0.271. The zero-order chi connectivity index (χ0) is 16.9. The molecule has 0 fully saturated rings. The van der Waals surface area contributed by atoms with Crippen molar-refractivity contribution in [3.8, 4) is 0 Å². The minimum absolute atomic E-state index is 0.0306. The highest BCUT2D eigenvalue weighted by Crippen LogP contribution is 2.23. The first kappa shape index (κ1) is 16.2. The van der Waals surface area contributed by atoms with E-state index in [0.29, 0.717) is 18.7 Å². The zero-order valence-corrected chi connectivity index (χ0v) is 13.5. The van der Waals surface area contributed by atoms with Gasteiger partial charge in [0, 0.05) is 18.0 Å². The molecule has 0 saturated carbocycles. The largest absolute Gasteiger partial charge is 0.466 e. The molecule has 1 heterocycles. The van der Waals surface area contributed by atoms with Crippen molar-refractivity contribution >= 4 is 17.6 Å². The van der Waals surface area contributed by atoms with E-state index in [1.54, 1.807) is 13.0 Å². The maximum atomic E-state index is 12.5. The Morgan fingerprint density at radius 2 is 2.17 bits per heavy atom. The van der Waals surface area contributed by atoms with E-state index in [1.165, 1.54) is 0 Å². The number of benzene rings is 1. The molecule has 7 heteroatoms. The molecule has 1 aromatic carbocycles. The molecule has 0 bridgehead atoms. The van der Waals surface area contributed by atoms with Crippen LogP contribution in [-0.4, -0.2) is 33.9 Å². The summed E-state index contributed by atoms with van der Waals surface area (Å²) in [6.07, 6.45) is 2.31. The van der Waals surface area contributed by atoms with E-state index in [1.807, 2.05) is 18.2 Å². The Hall–Kier alpha value is -2.70. The topological polar surface area (TPSA) is 97.0 Å². The summed E-state index contributed by atoms with van der Waals surface area (Å²) in [5.74, 6) is -0.417. The molecular weight excluding hydrogens is 308 g/mol. The Morgan fingerprint density at radius 3 is 3.00 bits per heavy atom. The molecule has 0 radical (unpaired) electrons. The molecule has 24 heavy (non-hydrogen) atoms. The van der Waals surface area contributed by atoms with E-state index in [9.17, 15) is 9.59 Å². The number of nitrogens with zero attached hydrogens (tertiary/aromatic N) is 2. The summed E-state index contributed by atoms with van der Waals surface area (Å²) in [7, 11) is 0. The van der Waals surface area contributed by atoms with Gasteiger partial charge in [-0.1, -0.05) is 12.1 Å². The SMILES string of the molecule is CCOC(=O)Cc1cccc(NC(=O)C2CCc3n[nH]nc3C2)c1. The van der Waals surface area contributed by atoms with Gasteiger partial charge in [-0.15, -0.1) is 0 Å². The van der Waals surface area contributed by atoms with Crippen molar-refractivity contribution < 1.29 is 14.3 Å². The number of rotatable bonds is 5. The number of hydrogen-bond donors (Lipinski definition) is 2. The highest BCUT2D eigenvalue weighted by molar-refractivity contribution is 5.93. The van der Waals surface area contributed by atoms with Crippen molar-refractivity contribution in [3.63, 3.8) is 0 Å². The van der Waals surface area contributed by atoms with Crippen LogP contribution in [0.15, 0.2) is 24.3 Å². The number of carbonyl (C=O) groups excluding carboxylic acids is 2. The van der Waals surface area contributed by atoms with Gasteiger partial charge in [-0.25, -0.2) is 0 Å². The van der Waals surface area contributed by atoms with E-state index in [0.717, 1.165) is 29.8 Å². The number of amides is 1. The van der Waals surface area contributed by atoms with Crippen LogP contribution in [0.3, 0.4) is 0 Å². The van der Waals surface area contributed by atoms with Gasteiger partial charge in [0.2, 0.25) is 5.91 Å². The number of hydrogen-bond acceptors (Lipinski definition) is 5. The van der Waals surface area contributed by atoms with Crippen molar-refractivity contribution in [2.75, 3.05) is 11.9 Å². The summed E-state index contributed by atoms with van der Waals surface area (Å²) in [5, 5.41) is 13.7. The van der Waals surface area contributed by atoms with Crippen molar-refractivity contribution in [1.82, 2.24) is 15.4 Å². The smallest absolute Gasteiger partial charge is 0.310 e. The second kappa shape index (κ2) is 7.25. The molecule has 2 N–H and O–H groups in total. The van der Waals surface area contributed by atoms with E-state index < -0.39 is 0 Å². The molecule has 1 amide bonds. The molecule has 1 aliphatic rings. The van der Waals surface area contributed by atoms with Crippen LogP contribution in [0, 0.1) is 5.92 Å². The van der Waals surface area contributed by atoms with Gasteiger partial charge in [-0.05, 0) is 37.5 Å². The first-order chi connectivity index (χ1) is 11.7. The van der Waals surface area contributed by atoms with Crippen LogP contribution in [0.4, 0.5) is 5.69 Å². The number of nitrogens with one attached hydrogen (secondary N) is 2. The minimum Gasteiger partial charge on any atom is -0.466 e. The van der Waals surface area contributed by atoms with Crippen LogP contribution in [0.25, 0.3) is 0 Å². The fraction of sp³-hybridized carbons (Fsp3) is 0.412. The number of esters is 1. The standard InChI is InChI=1S/C17H20N4O3/c1-2-24-16(22)9-11-4-3-5-13(8-11)18-17(23)12-6-7-14-15(10-12)20-21-19-14/h3-5,8,12H,2,6-7,9-10H2,1H3,(H,18,23)(H,19,20,21). The molecule has 1 atom stereocenters. The lowest BCUT2D eigenvalue weighted by atomic mass is 9.89. The third kappa shape index (κ3) is 3.79. The molecular formula is C17H20N4O3. The molecule has 2 aromatic rings. The average molecular weight is 328 g/mol. The van der Waals surface area contributed by atoms with Gasteiger partial charge < -0.3 is 10.1 Å². The molecule has 0 aliphatic heterocycles. The van der Waals surface area contributed by atoms with Crippen LogP contribution < -0.4 is 5.32 Å². The van der Waals surface area contributed by atoms with Crippen LogP contribution >= 0.6 is 0 Å². The van der Waals surface area contributed by atoms with Gasteiger partial charge in [0.25, 0.3) is 0 Å². The maximum absolute atomic E-state index is 12.5. The third-order valence-corrected chi connectivity index (χ3v) is 4.09. The van der Waals surface area contributed by atoms with Crippen LogP contribution in [0.1, 0.15) is 30.3 Å². The first-order valence-electron chi connectivity index (χ1n) is 8.09. The molecule has 0 saturated heterocycles. The van der Waals surface area contributed by atoms with Crippen LogP contribution in [0.5, 0.6) is 0 Å². The number of fused-ring (bicyclic) bond motifs is 1. The second-order valence-electron chi connectivity index (χ2n) is 5.83. The van der Waals surface area contributed by atoms with Crippen molar-refractivity contribution in [3.05, 3.63) is 41.2 Å². The molecule has 1 aliphatic carbocycles. The molecule has 1 aromatic heterocycles. The Balaban J connectivity index is 1.61. The lowest BCUT2D eigenvalue weighted by Crippen LogP contribution is -2.28. The Morgan fingerprint density at radius 1 is 1.33 bits per heavy atom. The normalized spacial score (nSPS) is 16.3. The lowest BCUT2D eigenvalue weighted by Gasteiger charge is -2.19. The summed E-state index contributed by atoms with van der Waals surface area (Å²) in [6, 6.07) is 7.28. The number of aromatic amines is 1. The maximum Gasteiger partial charge on any atom is 0.310 e. The summed E-state index contributed by atoms with van der Waals surface area (Å²) in [4.78, 5) is 24.0. The fourth-order valence-corrected chi connectivity index (χ4v) is 2.89. The van der Waals surface area contributed by atoms with E-state index in [-0.39, 0.29) is 24.2 Å². The Labute approximate surface area is 139 Å². The fourth-order valence-electron chi connectivity index (χ4n) is 2.89. The lowest BCUT2D eigenvalue weighted by molar-refractivity contribution is -0.142. The predicted molar refractivity (Wildman–Crippen MR) is 87.3 cm³/mol. The second-order valence-corrected chi connectivity index (χ2v) is 5.83. The highest BCUT2D eigenvalue weighted by Gasteiger charge is 2.27. The number of aromatic nitrogens is 3. The highest BCUT2D eigenvalue weighted by atomic mass is 16.5. The van der Waals surface area contributed by atoms with Crippen molar-refractivity contribution in [2.45, 2.75) is 32.6 Å². The van der Waals surface area contributed by atoms with Gasteiger partial charge in [0.15, 0.2) is 0 Å². The zero-order valence-electron chi connectivity index (χ0n) is 13.5. The Bertz CT molecular complexity index is 741. The van der Waals surface area contributed by atoms with E-state index in [2.05, 4.69) is 20.7 Å². The summed E-state index contributed by atoms with van der Waals surface area (Å²) in [5.41, 5.74) is 3.33. The number of aryl methyl sites for hydroxylation is 1. The first-order valence-corrected chi connectivity index (χ1v) is 8.09. The number of anilines is 1. The summed E-state index contributed by atoms with van der Waals surface area (Å²) < 4.78 is 4.95. The quantitative estimate of drug-likeness (QED) is 0.814. The van der Waals surface area contributed by atoms with Gasteiger partial charge in [-0.3, -0.25) is 9.59 Å². The molecule has 1 unspecified atom stereocenters. The van der Waals surface area contributed by atoms with Gasteiger partial charge in [0.1, 0.15) is 0 Å². The molecule has 126 valence electrons. The Kier molecular flexibility index (Phi) is 4.88. The van der Waals surface area contributed by atoms with Crippen molar-refractivity contribution in [2.24, 2.45) is 5.92 Å². The number of carbonyl (C=O) groups is 2. The van der Waals surface area contributed by atoms with E-state index >= 15 is 0 Å².